The van der Waals surface area contributed by atoms with E-state index in [-0.39, 0.29) is 0 Å². The molecule has 1 aromatic heterocycles. The van der Waals surface area contributed by atoms with E-state index in [2.05, 4.69) is 42.8 Å². The van der Waals surface area contributed by atoms with Gasteiger partial charge in [0.15, 0.2) is 0 Å². The first kappa shape index (κ1) is 12.6. The molecule has 94 valence electrons. The summed E-state index contributed by atoms with van der Waals surface area (Å²) < 4.78 is 0. The highest BCUT2D eigenvalue weighted by atomic mass is 15.2. The van der Waals surface area contributed by atoms with Crippen LogP contribution in [0.4, 0.5) is 0 Å². The highest BCUT2D eigenvalue weighted by Gasteiger charge is 2.24. The van der Waals surface area contributed by atoms with Gasteiger partial charge in [-0.25, -0.2) is 0 Å². The van der Waals surface area contributed by atoms with Crippen molar-refractivity contribution in [1.29, 1.82) is 0 Å². The summed E-state index contributed by atoms with van der Waals surface area (Å²) >= 11 is 0. The zero-order valence-corrected chi connectivity index (χ0v) is 11.3. The molecule has 2 nitrogen and oxygen atoms in total. The predicted molar refractivity (Wildman–Crippen MR) is 72.0 cm³/mol. The normalized spacial score (nSPS) is 22.0. The lowest BCUT2D eigenvalue weighted by atomic mass is 9.94. The van der Waals surface area contributed by atoms with Crippen LogP contribution in [0.2, 0.25) is 0 Å². The molecule has 2 rings (SSSR count). The first-order valence-electron chi connectivity index (χ1n) is 6.83. The molecule has 0 bridgehead atoms. The van der Waals surface area contributed by atoms with Crippen molar-refractivity contribution in [3.63, 3.8) is 0 Å². The Hall–Kier alpha value is -0.890. The second-order valence-electron chi connectivity index (χ2n) is 5.63. The summed E-state index contributed by atoms with van der Waals surface area (Å²) in [6, 6.07) is 5.06. The van der Waals surface area contributed by atoms with E-state index < -0.39 is 0 Å². The van der Waals surface area contributed by atoms with E-state index in [0.717, 1.165) is 11.6 Å². The maximum atomic E-state index is 4.30. The van der Waals surface area contributed by atoms with Crippen molar-refractivity contribution in [1.82, 2.24) is 9.88 Å². The molecule has 1 aliphatic rings. The third kappa shape index (κ3) is 3.29. The van der Waals surface area contributed by atoms with Crippen LogP contribution in [-0.2, 0) is 0 Å². The zero-order valence-electron chi connectivity index (χ0n) is 11.3. The van der Waals surface area contributed by atoms with Gasteiger partial charge in [0.25, 0.3) is 0 Å². The lowest BCUT2D eigenvalue weighted by Crippen LogP contribution is -2.36. The molecule has 0 aliphatic carbocycles. The van der Waals surface area contributed by atoms with Gasteiger partial charge in [-0.1, -0.05) is 20.3 Å². The van der Waals surface area contributed by atoms with Crippen molar-refractivity contribution < 1.29 is 0 Å². The topological polar surface area (TPSA) is 16.1 Å². The van der Waals surface area contributed by atoms with E-state index in [1.165, 1.54) is 37.9 Å². The first-order valence-corrected chi connectivity index (χ1v) is 6.83. The Bertz CT molecular complexity index is 360. The quantitative estimate of drug-likeness (QED) is 0.792. The lowest BCUT2D eigenvalue weighted by Gasteiger charge is -2.37. The Morgan fingerprint density at radius 3 is 2.94 bits per heavy atom. The molecule has 1 saturated heterocycles. The van der Waals surface area contributed by atoms with Crippen molar-refractivity contribution in [2.45, 2.75) is 46.1 Å². The molecular weight excluding hydrogens is 208 g/mol. The largest absolute Gasteiger partial charge is 0.296 e. The van der Waals surface area contributed by atoms with Gasteiger partial charge >= 0.3 is 0 Å². The minimum absolute atomic E-state index is 0.618. The Kier molecular flexibility index (Phi) is 4.16. The van der Waals surface area contributed by atoms with E-state index >= 15 is 0 Å². The van der Waals surface area contributed by atoms with Crippen LogP contribution in [0.1, 0.15) is 50.4 Å². The molecule has 2 heterocycles. The maximum absolute atomic E-state index is 4.30. The second-order valence-corrected chi connectivity index (χ2v) is 5.63. The zero-order chi connectivity index (χ0) is 12.3. The van der Waals surface area contributed by atoms with Gasteiger partial charge in [0, 0.05) is 24.5 Å². The van der Waals surface area contributed by atoms with Gasteiger partial charge in [0.1, 0.15) is 0 Å². The average molecular weight is 232 g/mol. The number of aryl methyl sites for hydroxylation is 1. The summed E-state index contributed by atoms with van der Waals surface area (Å²) in [4.78, 5) is 6.96. The van der Waals surface area contributed by atoms with Crippen LogP contribution >= 0.6 is 0 Å². The summed E-state index contributed by atoms with van der Waals surface area (Å²) in [6.45, 7) is 9.17. The molecule has 2 heteroatoms. The van der Waals surface area contributed by atoms with Crippen LogP contribution in [0.15, 0.2) is 18.3 Å². The number of aromatic nitrogens is 1. The summed E-state index contributed by atoms with van der Waals surface area (Å²) in [5, 5.41) is 0. The lowest BCUT2D eigenvalue weighted by molar-refractivity contribution is 0.132. The Balaban J connectivity index is 2.15. The SMILES string of the molecule is Cc1cc([C@@H]2CCCCN2CC(C)C)ccn1. The molecule has 17 heavy (non-hydrogen) atoms. The molecule has 1 fully saturated rings. The minimum atomic E-state index is 0.618. The van der Waals surface area contributed by atoms with Gasteiger partial charge in [-0.15, -0.1) is 0 Å². The van der Waals surface area contributed by atoms with Crippen molar-refractivity contribution in [2.24, 2.45) is 5.92 Å². The number of hydrogen-bond donors (Lipinski definition) is 0. The summed E-state index contributed by atoms with van der Waals surface area (Å²) in [5.41, 5.74) is 2.59. The molecule has 0 saturated carbocycles. The van der Waals surface area contributed by atoms with E-state index in [9.17, 15) is 0 Å². The Labute approximate surface area is 105 Å². The van der Waals surface area contributed by atoms with Gasteiger partial charge in [0.05, 0.1) is 0 Å². The van der Waals surface area contributed by atoms with Crippen LogP contribution in [0.5, 0.6) is 0 Å². The highest BCUT2D eigenvalue weighted by molar-refractivity contribution is 5.20. The molecule has 0 aromatic carbocycles. The van der Waals surface area contributed by atoms with E-state index in [1.54, 1.807) is 0 Å². The van der Waals surface area contributed by atoms with E-state index in [1.807, 2.05) is 6.20 Å². The number of piperidine rings is 1. The second kappa shape index (κ2) is 5.63. The molecular formula is C15H24N2. The van der Waals surface area contributed by atoms with Gasteiger partial charge in [-0.05, 0) is 49.9 Å². The number of hydrogen-bond acceptors (Lipinski definition) is 2. The van der Waals surface area contributed by atoms with Crippen LogP contribution in [0.25, 0.3) is 0 Å². The van der Waals surface area contributed by atoms with Gasteiger partial charge < -0.3 is 0 Å². The van der Waals surface area contributed by atoms with Crippen LogP contribution in [0, 0.1) is 12.8 Å². The van der Waals surface area contributed by atoms with Crippen LogP contribution in [-0.4, -0.2) is 23.0 Å². The molecule has 1 atom stereocenters. The summed E-state index contributed by atoms with van der Waals surface area (Å²) in [5.74, 6) is 0.749. The molecule has 0 N–H and O–H groups in total. The third-order valence-corrected chi connectivity index (χ3v) is 3.52. The first-order chi connectivity index (χ1) is 8.16. The van der Waals surface area contributed by atoms with Crippen molar-refractivity contribution in [3.8, 4) is 0 Å². The number of nitrogens with zero attached hydrogens (tertiary/aromatic N) is 2. The van der Waals surface area contributed by atoms with Crippen molar-refractivity contribution >= 4 is 0 Å². The van der Waals surface area contributed by atoms with Crippen LogP contribution < -0.4 is 0 Å². The molecule has 0 spiro atoms. The molecule has 1 aromatic rings. The van der Waals surface area contributed by atoms with Gasteiger partial charge in [-0.3, -0.25) is 9.88 Å². The van der Waals surface area contributed by atoms with Gasteiger partial charge in [-0.2, -0.15) is 0 Å². The standard InChI is InChI=1S/C15H24N2/c1-12(2)11-17-9-5-4-6-15(17)14-7-8-16-13(3)10-14/h7-8,10,12,15H,4-6,9,11H2,1-3H3/t15-/m0/s1. The molecule has 0 unspecified atom stereocenters. The number of pyridine rings is 1. The van der Waals surface area contributed by atoms with E-state index in [4.69, 9.17) is 0 Å². The molecule has 0 amide bonds. The smallest absolute Gasteiger partial charge is 0.0375 e. The van der Waals surface area contributed by atoms with E-state index in [0.29, 0.717) is 6.04 Å². The number of rotatable bonds is 3. The van der Waals surface area contributed by atoms with Crippen molar-refractivity contribution in [3.05, 3.63) is 29.6 Å². The summed E-state index contributed by atoms with van der Waals surface area (Å²) in [7, 11) is 0. The minimum Gasteiger partial charge on any atom is -0.296 e. The van der Waals surface area contributed by atoms with Crippen LogP contribution in [0.3, 0.4) is 0 Å². The maximum Gasteiger partial charge on any atom is 0.0375 e. The Morgan fingerprint density at radius 2 is 2.24 bits per heavy atom. The fourth-order valence-corrected chi connectivity index (χ4v) is 2.83. The summed E-state index contributed by atoms with van der Waals surface area (Å²) in [6.07, 6.45) is 5.97. The monoisotopic (exact) mass is 232 g/mol. The molecule has 1 aliphatic heterocycles. The fraction of sp³-hybridized carbons (Fsp3) is 0.667. The average Bonchev–Trinajstić information content (AvgIpc) is 2.29. The fourth-order valence-electron chi connectivity index (χ4n) is 2.83. The highest BCUT2D eigenvalue weighted by Crippen LogP contribution is 2.31. The Morgan fingerprint density at radius 1 is 1.41 bits per heavy atom. The van der Waals surface area contributed by atoms with Crippen molar-refractivity contribution in [2.75, 3.05) is 13.1 Å². The predicted octanol–water partition coefficient (Wildman–Crippen LogP) is 3.57. The van der Waals surface area contributed by atoms with Gasteiger partial charge in [0.2, 0.25) is 0 Å². The number of likely N-dealkylation sites (tertiary alicyclic amines) is 1. The third-order valence-electron chi connectivity index (χ3n) is 3.52. The molecule has 0 radical (unpaired) electrons.